The van der Waals surface area contributed by atoms with Crippen LogP contribution in [0.2, 0.25) is 0 Å². The maximum atomic E-state index is 12.1. The zero-order chi connectivity index (χ0) is 20.7. The Morgan fingerprint density at radius 2 is 1.68 bits per heavy atom. The molecule has 0 aliphatic carbocycles. The lowest BCUT2D eigenvalue weighted by Gasteiger charge is -2.11. The lowest BCUT2D eigenvalue weighted by molar-refractivity contribution is -0.119. The molecule has 0 bridgehead atoms. The summed E-state index contributed by atoms with van der Waals surface area (Å²) in [5.41, 5.74) is -0.897. The Morgan fingerprint density at radius 3 is 2.32 bits per heavy atom. The van der Waals surface area contributed by atoms with E-state index in [-0.39, 0.29) is 22.4 Å². The van der Waals surface area contributed by atoms with Gasteiger partial charge in [-0.25, -0.2) is 14.4 Å². The molecule has 10 nitrogen and oxygen atoms in total. The number of methoxy groups -OCH3 is 2. The summed E-state index contributed by atoms with van der Waals surface area (Å²) in [6, 6.07) is 6.51. The maximum absolute atomic E-state index is 12.1. The fraction of sp³-hybridized carbons (Fsp3) is 0.167. The number of H-pyrrole nitrogens is 1. The standard InChI is InChI=1S/C18H16N2O8/c1-26-16(23)10-5-6-11(17(24)27-2)13(8-10)20-14(21)9-28-18(25)12-4-3-7-19-15(12)22/h3-8H,9H2,1-2H3,(H,19,22)(H,20,21). The van der Waals surface area contributed by atoms with Crippen LogP contribution in [0.1, 0.15) is 31.1 Å². The van der Waals surface area contributed by atoms with Crippen molar-refractivity contribution >= 4 is 29.5 Å². The molecule has 0 spiro atoms. The number of benzene rings is 1. The Kier molecular flexibility index (Phi) is 6.63. The van der Waals surface area contributed by atoms with Crippen LogP contribution in [-0.4, -0.2) is 49.6 Å². The number of nitrogens with one attached hydrogen (secondary N) is 2. The summed E-state index contributed by atoms with van der Waals surface area (Å²) < 4.78 is 14.0. The SMILES string of the molecule is COC(=O)c1ccc(C(=O)OC)c(NC(=O)COC(=O)c2ccc[nH]c2=O)c1. The summed E-state index contributed by atoms with van der Waals surface area (Å²) in [4.78, 5) is 61.3. The normalized spacial score (nSPS) is 9.93. The third-order valence-corrected chi connectivity index (χ3v) is 3.49. The van der Waals surface area contributed by atoms with Crippen molar-refractivity contribution in [2.45, 2.75) is 0 Å². The van der Waals surface area contributed by atoms with Gasteiger partial charge in [-0.1, -0.05) is 0 Å². The van der Waals surface area contributed by atoms with Gasteiger partial charge in [0.1, 0.15) is 5.56 Å². The number of aromatic amines is 1. The molecule has 28 heavy (non-hydrogen) atoms. The molecule has 1 heterocycles. The molecule has 0 aliphatic heterocycles. The van der Waals surface area contributed by atoms with Gasteiger partial charge in [-0.3, -0.25) is 9.59 Å². The molecule has 1 aromatic heterocycles. The smallest absolute Gasteiger partial charge is 0.344 e. The van der Waals surface area contributed by atoms with E-state index >= 15 is 0 Å². The van der Waals surface area contributed by atoms with E-state index in [2.05, 4.69) is 19.8 Å². The Labute approximate surface area is 158 Å². The number of hydrogen-bond acceptors (Lipinski definition) is 8. The Hall–Kier alpha value is -3.95. The lowest BCUT2D eigenvalue weighted by Crippen LogP contribution is -2.25. The van der Waals surface area contributed by atoms with Gasteiger partial charge in [0.15, 0.2) is 6.61 Å². The Balaban J connectivity index is 2.14. The number of aromatic nitrogens is 1. The molecule has 1 amide bonds. The number of carbonyl (C=O) groups excluding carboxylic acids is 4. The zero-order valence-corrected chi connectivity index (χ0v) is 14.9. The van der Waals surface area contributed by atoms with Crippen LogP contribution in [0.4, 0.5) is 5.69 Å². The second kappa shape index (κ2) is 9.12. The third kappa shape index (κ3) is 4.81. The van der Waals surface area contributed by atoms with Crippen molar-refractivity contribution in [3.8, 4) is 0 Å². The first kappa shape index (κ1) is 20.4. The third-order valence-electron chi connectivity index (χ3n) is 3.49. The van der Waals surface area contributed by atoms with Gasteiger partial charge in [-0.2, -0.15) is 0 Å². The predicted molar refractivity (Wildman–Crippen MR) is 95.1 cm³/mol. The molecule has 0 fully saturated rings. The summed E-state index contributed by atoms with van der Waals surface area (Å²) in [7, 11) is 2.33. The fourth-order valence-electron chi connectivity index (χ4n) is 2.16. The van der Waals surface area contributed by atoms with Crippen molar-refractivity contribution < 1.29 is 33.4 Å². The van der Waals surface area contributed by atoms with E-state index in [0.29, 0.717) is 0 Å². The average Bonchev–Trinajstić information content (AvgIpc) is 2.71. The van der Waals surface area contributed by atoms with E-state index in [9.17, 15) is 24.0 Å². The van der Waals surface area contributed by atoms with Crippen LogP contribution >= 0.6 is 0 Å². The highest BCUT2D eigenvalue weighted by Gasteiger charge is 2.19. The molecule has 2 rings (SSSR count). The van der Waals surface area contributed by atoms with E-state index in [1.165, 1.54) is 43.6 Å². The summed E-state index contributed by atoms with van der Waals surface area (Å²) in [6.07, 6.45) is 1.34. The number of ether oxygens (including phenoxy) is 3. The Morgan fingerprint density at radius 1 is 0.964 bits per heavy atom. The summed E-state index contributed by atoms with van der Waals surface area (Å²) in [5.74, 6) is -3.22. The second-order valence-electron chi connectivity index (χ2n) is 5.28. The summed E-state index contributed by atoms with van der Waals surface area (Å²) in [5, 5.41) is 2.36. The van der Waals surface area contributed by atoms with Crippen molar-refractivity contribution in [1.29, 1.82) is 0 Å². The van der Waals surface area contributed by atoms with E-state index in [4.69, 9.17) is 4.74 Å². The minimum absolute atomic E-state index is 0.0191. The first-order chi connectivity index (χ1) is 13.4. The van der Waals surface area contributed by atoms with Gasteiger partial charge in [0.2, 0.25) is 0 Å². The number of rotatable bonds is 6. The van der Waals surface area contributed by atoms with Crippen LogP contribution in [0.25, 0.3) is 0 Å². The number of amides is 1. The molecule has 1 aromatic carbocycles. The van der Waals surface area contributed by atoms with Crippen molar-refractivity contribution in [3.63, 3.8) is 0 Å². The lowest BCUT2D eigenvalue weighted by atomic mass is 10.1. The number of pyridine rings is 1. The monoisotopic (exact) mass is 388 g/mol. The molecular weight excluding hydrogens is 372 g/mol. The minimum atomic E-state index is -0.992. The molecule has 2 N–H and O–H groups in total. The minimum Gasteiger partial charge on any atom is -0.465 e. The topological polar surface area (TPSA) is 141 Å². The van der Waals surface area contributed by atoms with Crippen LogP contribution in [0.15, 0.2) is 41.3 Å². The molecular formula is C18H16N2O8. The van der Waals surface area contributed by atoms with Gasteiger partial charge in [0, 0.05) is 6.20 Å². The van der Waals surface area contributed by atoms with E-state index in [1.54, 1.807) is 0 Å². The zero-order valence-electron chi connectivity index (χ0n) is 14.9. The van der Waals surface area contributed by atoms with Crippen LogP contribution in [0, 0.1) is 0 Å². The molecule has 0 saturated carbocycles. The first-order valence-electron chi connectivity index (χ1n) is 7.82. The fourth-order valence-corrected chi connectivity index (χ4v) is 2.16. The van der Waals surface area contributed by atoms with Gasteiger partial charge in [-0.05, 0) is 30.3 Å². The predicted octanol–water partition coefficient (Wildman–Crippen LogP) is 0.744. The second-order valence-corrected chi connectivity index (χ2v) is 5.28. The molecule has 10 heteroatoms. The molecule has 2 aromatic rings. The number of hydrogen-bond donors (Lipinski definition) is 2. The van der Waals surface area contributed by atoms with Gasteiger partial charge in [0.25, 0.3) is 11.5 Å². The van der Waals surface area contributed by atoms with Gasteiger partial charge in [0.05, 0.1) is 31.0 Å². The number of esters is 3. The highest BCUT2D eigenvalue weighted by Crippen LogP contribution is 2.19. The molecule has 0 radical (unpaired) electrons. The van der Waals surface area contributed by atoms with Gasteiger partial charge >= 0.3 is 17.9 Å². The summed E-state index contributed by atoms with van der Waals surface area (Å²) in [6.45, 7) is -0.726. The van der Waals surface area contributed by atoms with E-state index in [0.717, 1.165) is 7.11 Å². The van der Waals surface area contributed by atoms with Crippen molar-refractivity contribution in [2.24, 2.45) is 0 Å². The van der Waals surface area contributed by atoms with Crippen LogP contribution in [-0.2, 0) is 19.0 Å². The van der Waals surface area contributed by atoms with Gasteiger partial charge < -0.3 is 24.5 Å². The Bertz CT molecular complexity index is 980. The largest absolute Gasteiger partial charge is 0.465 e. The van der Waals surface area contributed by atoms with Crippen molar-refractivity contribution in [2.75, 3.05) is 26.1 Å². The molecule has 146 valence electrons. The van der Waals surface area contributed by atoms with Crippen LogP contribution in [0.5, 0.6) is 0 Å². The van der Waals surface area contributed by atoms with E-state index in [1.807, 2.05) is 0 Å². The van der Waals surface area contributed by atoms with Crippen molar-refractivity contribution in [3.05, 3.63) is 63.6 Å². The highest BCUT2D eigenvalue weighted by molar-refractivity contribution is 6.04. The number of anilines is 1. The first-order valence-corrected chi connectivity index (χ1v) is 7.82. The quantitative estimate of drug-likeness (QED) is 0.545. The molecule has 0 unspecified atom stereocenters. The highest BCUT2D eigenvalue weighted by atomic mass is 16.5. The van der Waals surface area contributed by atoms with Crippen LogP contribution < -0.4 is 10.9 Å². The number of carbonyl (C=O) groups is 4. The maximum Gasteiger partial charge on any atom is 0.344 e. The van der Waals surface area contributed by atoms with Crippen LogP contribution in [0.3, 0.4) is 0 Å². The van der Waals surface area contributed by atoms with Crippen molar-refractivity contribution in [1.82, 2.24) is 4.98 Å². The summed E-state index contributed by atoms with van der Waals surface area (Å²) >= 11 is 0. The van der Waals surface area contributed by atoms with Gasteiger partial charge in [-0.15, -0.1) is 0 Å². The molecule has 0 atom stereocenters. The molecule has 0 aliphatic rings. The molecule has 0 saturated heterocycles. The van der Waals surface area contributed by atoms with E-state index < -0.39 is 36.0 Å². The average molecular weight is 388 g/mol.